The Morgan fingerprint density at radius 1 is 1.11 bits per heavy atom. The van der Waals surface area contributed by atoms with Gasteiger partial charge in [0, 0.05) is 82.2 Å². The van der Waals surface area contributed by atoms with E-state index in [-0.39, 0.29) is 11.8 Å². The summed E-state index contributed by atoms with van der Waals surface area (Å²) in [6.07, 6.45) is 1.22. The van der Waals surface area contributed by atoms with Gasteiger partial charge in [-0.25, -0.2) is 4.39 Å². The molecule has 2 aromatic carbocycles. The van der Waals surface area contributed by atoms with Gasteiger partial charge in [-0.1, -0.05) is 36.9 Å². The Balaban J connectivity index is 0.00000123. The van der Waals surface area contributed by atoms with Crippen molar-refractivity contribution in [3.8, 4) is 12.1 Å². The number of nitrogens with zero attached hydrogens (tertiary/aromatic N) is 7. The first-order valence-corrected chi connectivity index (χ1v) is 14.9. The predicted octanol–water partition coefficient (Wildman–Crippen LogP) is 4.02. The van der Waals surface area contributed by atoms with Crippen molar-refractivity contribution in [2.24, 2.45) is 5.92 Å². The summed E-state index contributed by atoms with van der Waals surface area (Å²) in [4.78, 5) is 41.6. The third-order valence-corrected chi connectivity index (χ3v) is 8.42. The van der Waals surface area contributed by atoms with E-state index in [4.69, 9.17) is 20.0 Å². The van der Waals surface area contributed by atoms with Crippen LogP contribution in [0.15, 0.2) is 48.8 Å². The van der Waals surface area contributed by atoms with Gasteiger partial charge in [-0.05, 0) is 30.4 Å². The molecule has 1 atom stereocenters. The van der Waals surface area contributed by atoms with E-state index >= 15 is 0 Å². The minimum absolute atomic E-state index is 0.0918. The monoisotopic (exact) mass is 599 g/mol. The lowest BCUT2D eigenvalue weighted by atomic mass is 9.99. The number of fused-ring (bicyclic) bond motifs is 2. The maximum absolute atomic E-state index is 13.5. The summed E-state index contributed by atoms with van der Waals surface area (Å²) >= 11 is 0. The van der Waals surface area contributed by atoms with Crippen molar-refractivity contribution in [1.82, 2.24) is 19.8 Å². The summed E-state index contributed by atoms with van der Waals surface area (Å²) < 4.78 is 19.6. The lowest BCUT2D eigenvalue weighted by Crippen LogP contribution is -2.49. The Morgan fingerprint density at radius 2 is 1.82 bits per heavy atom. The van der Waals surface area contributed by atoms with Crippen molar-refractivity contribution in [3.05, 3.63) is 65.6 Å². The SMILES string of the molecule is C=C(F)C(=O)N1CCN(c2nc(OCC3CC(=O)N(C)C3)nc3c2CCN(c2cccc4cccc(C)c24)C3)CC1.CC#N. The van der Waals surface area contributed by atoms with Gasteiger partial charge in [0.05, 0.1) is 24.9 Å². The zero-order chi connectivity index (χ0) is 31.4. The van der Waals surface area contributed by atoms with Gasteiger partial charge >= 0.3 is 6.01 Å². The molecule has 1 aromatic heterocycles. The van der Waals surface area contributed by atoms with E-state index in [1.54, 1.807) is 11.0 Å². The third-order valence-electron chi connectivity index (χ3n) is 8.42. The average Bonchev–Trinajstić information content (AvgIpc) is 3.35. The third kappa shape index (κ3) is 6.44. The molecule has 4 heterocycles. The number of hydrogen-bond donors (Lipinski definition) is 0. The number of rotatable bonds is 6. The minimum Gasteiger partial charge on any atom is -0.463 e. The number of likely N-dealkylation sites (tertiary alicyclic amines) is 1. The molecule has 0 radical (unpaired) electrons. The number of piperazine rings is 1. The number of amides is 2. The van der Waals surface area contributed by atoms with Crippen LogP contribution in [0.4, 0.5) is 15.9 Å². The minimum atomic E-state index is -0.937. The fraction of sp³-hybridized carbons (Fsp3) is 0.424. The highest BCUT2D eigenvalue weighted by Gasteiger charge is 2.31. The molecule has 11 heteroatoms. The molecule has 2 fully saturated rings. The van der Waals surface area contributed by atoms with Crippen molar-refractivity contribution in [2.75, 3.05) is 62.7 Å². The van der Waals surface area contributed by atoms with Crippen LogP contribution >= 0.6 is 0 Å². The highest BCUT2D eigenvalue weighted by Crippen LogP contribution is 2.35. The van der Waals surface area contributed by atoms with Crippen molar-refractivity contribution >= 4 is 34.1 Å². The molecule has 2 saturated heterocycles. The number of anilines is 2. The maximum atomic E-state index is 13.5. The van der Waals surface area contributed by atoms with Crippen LogP contribution in [-0.2, 0) is 22.6 Å². The molecule has 6 rings (SSSR count). The van der Waals surface area contributed by atoms with Crippen LogP contribution in [0.5, 0.6) is 6.01 Å². The molecular formula is C33H38FN7O3. The molecule has 44 heavy (non-hydrogen) atoms. The van der Waals surface area contributed by atoms with Crippen LogP contribution in [-0.4, -0.2) is 84.5 Å². The number of carbonyl (C=O) groups is 2. The highest BCUT2D eigenvalue weighted by atomic mass is 19.1. The smallest absolute Gasteiger partial charge is 0.318 e. The second kappa shape index (κ2) is 13.3. The summed E-state index contributed by atoms with van der Waals surface area (Å²) in [6, 6.07) is 14.8. The van der Waals surface area contributed by atoms with Gasteiger partial charge in [-0.3, -0.25) is 9.59 Å². The second-order valence-corrected chi connectivity index (χ2v) is 11.4. The molecule has 3 aliphatic heterocycles. The highest BCUT2D eigenvalue weighted by molar-refractivity contribution is 5.97. The van der Waals surface area contributed by atoms with Crippen LogP contribution in [0.2, 0.25) is 0 Å². The maximum Gasteiger partial charge on any atom is 0.318 e. The van der Waals surface area contributed by atoms with Crippen LogP contribution in [0.25, 0.3) is 10.8 Å². The molecule has 10 nitrogen and oxygen atoms in total. The summed E-state index contributed by atoms with van der Waals surface area (Å²) in [5, 5.41) is 9.77. The molecule has 0 aliphatic carbocycles. The number of carbonyl (C=O) groups excluding carboxylic acids is 2. The number of halogens is 1. The van der Waals surface area contributed by atoms with Gasteiger partial charge < -0.3 is 24.3 Å². The van der Waals surface area contributed by atoms with Crippen LogP contribution in [0.3, 0.4) is 0 Å². The standard InChI is InChI=1S/C31H35FN6O3.C2H3N/c1-20-6-4-7-23-8-5-9-26(28(20)23)38-11-10-24-25(18-38)33-31(41-19-22-16-27(39)35(3)17-22)34-29(24)36-12-14-37(15-13-36)30(40)21(2)32;1-2-3/h4-9,22H,2,10-19H2,1,3H3;1H3. The summed E-state index contributed by atoms with van der Waals surface area (Å²) in [5.74, 6) is -0.572. The number of aryl methyl sites for hydroxylation is 1. The Kier molecular flexibility index (Phi) is 9.28. The van der Waals surface area contributed by atoms with E-state index in [2.05, 4.69) is 59.7 Å². The topological polar surface area (TPSA) is 106 Å². The van der Waals surface area contributed by atoms with E-state index in [1.807, 2.05) is 7.05 Å². The fourth-order valence-corrected chi connectivity index (χ4v) is 6.24. The molecule has 3 aromatic rings. The zero-order valence-corrected chi connectivity index (χ0v) is 25.6. The van der Waals surface area contributed by atoms with E-state index in [9.17, 15) is 14.0 Å². The first-order chi connectivity index (χ1) is 21.2. The molecule has 0 bridgehead atoms. The van der Waals surface area contributed by atoms with Crippen LogP contribution in [0, 0.1) is 24.2 Å². The number of aromatic nitrogens is 2. The number of nitriles is 1. The average molecular weight is 600 g/mol. The normalized spacial score (nSPS) is 18.0. The fourth-order valence-electron chi connectivity index (χ4n) is 6.24. The van der Waals surface area contributed by atoms with E-state index in [0.29, 0.717) is 58.3 Å². The van der Waals surface area contributed by atoms with Crippen molar-refractivity contribution in [3.63, 3.8) is 0 Å². The van der Waals surface area contributed by atoms with Gasteiger partial charge in [0.15, 0.2) is 5.83 Å². The van der Waals surface area contributed by atoms with Gasteiger partial charge in [0.2, 0.25) is 5.91 Å². The number of benzene rings is 2. The quantitative estimate of drug-likeness (QED) is 0.392. The van der Waals surface area contributed by atoms with Gasteiger partial charge in [0.1, 0.15) is 5.82 Å². The first kappa shape index (κ1) is 30.7. The lowest BCUT2D eigenvalue weighted by molar-refractivity contribution is -0.129. The Bertz CT molecular complexity index is 1610. The number of ether oxygens (including phenoxy) is 1. The first-order valence-electron chi connectivity index (χ1n) is 14.9. The summed E-state index contributed by atoms with van der Waals surface area (Å²) in [5.41, 5.74) is 4.41. The van der Waals surface area contributed by atoms with Gasteiger partial charge in [-0.15, -0.1) is 0 Å². The van der Waals surface area contributed by atoms with Gasteiger partial charge in [-0.2, -0.15) is 15.2 Å². The van der Waals surface area contributed by atoms with Crippen molar-refractivity contribution in [2.45, 2.75) is 33.2 Å². The molecule has 230 valence electrons. The zero-order valence-electron chi connectivity index (χ0n) is 25.6. The van der Waals surface area contributed by atoms with Crippen LogP contribution in [0.1, 0.15) is 30.2 Å². The predicted molar refractivity (Wildman–Crippen MR) is 167 cm³/mol. The Hall–Kier alpha value is -4.72. The molecule has 0 saturated carbocycles. The molecule has 0 N–H and O–H groups in total. The molecule has 1 unspecified atom stereocenters. The largest absolute Gasteiger partial charge is 0.463 e. The van der Waals surface area contributed by atoms with E-state index in [0.717, 1.165) is 30.0 Å². The van der Waals surface area contributed by atoms with Gasteiger partial charge in [0.25, 0.3) is 5.91 Å². The van der Waals surface area contributed by atoms with Crippen molar-refractivity contribution in [1.29, 1.82) is 5.26 Å². The molecule has 2 amide bonds. The lowest BCUT2D eigenvalue weighted by Gasteiger charge is -2.38. The molecular weight excluding hydrogens is 561 g/mol. The van der Waals surface area contributed by atoms with Crippen molar-refractivity contribution < 1.29 is 18.7 Å². The summed E-state index contributed by atoms with van der Waals surface area (Å²) in [6.45, 7) is 11.0. The van der Waals surface area contributed by atoms with Crippen LogP contribution < -0.4 is 14.5 Å². The summed E-state index contributed by atoms with van der Waals surface area (Å²) in [7, 11) is 1.81. The Labute approximate surface area is 257 Å². The van der Waals surface area contributed by atoms with E-state index in [1.165, 1.54) is 33.8 Å². The number of hydrogen-bond acceptors (Lipinski definition) is 8. The second-order valence-electron chi connectivity index (χ2n) is 11.4. The molecule has 3 aliphatic rings. The van der Waals surface area contributed by atoms with E-state index < -0.39 is 11.7 Å². The Morgan fingerprint density at radius 3 is 2.48 bits per heavy atom. The molecule has 0 spiro atoms.